The van der Waals surface area contributed by atoms with E-state index in [1.54, 1.807) is 0 Å². The lowest BCUT2D eigenvalue weighted by atomic mass is 10.1. The molecular weight excluding hydrogens is 238 g/mol. The number of benzene rings is 1. The van der Waals surface area contributed by atoms with Gasteiger partial charge in [0.25, 0.3) is 0 Å². The molecule has 1 aromatic carbocycles. The van der Waals surface area contributed by atoms with Gasteiger partial charge < -0.3 is 5.11 Å². The first-order valence-corrected chi connectivity index (χ1v) is 7.28. The van der Waals surface area contributed by atoms with Crippen LogP contribution in [-0.4, -0.2) is 30.1 Å². The molecule has 1 fully saturated rings. The molecule has 0 aliphatic carbocycles. The molecular formula is C12H17NO3S. The molecule has 0 amide bonds. The van der Waals surface area contributed by atoms with Gasteiger partial charge in [0.1, 0.15) is 0 Å². The third-order valence-corrected chi connectivity index (χ3v) is 4.99. The Kier molecular flexibility index (Phi) is 3.51. The summed E-state index contributed by atoms with van der Waals surface area (Å²) in [6.45, 7) is 2.92. The van der Waals surface area contributed by atoms with Gasteiger partial charge in [0, 0.05) is 13.1 Å². The van der Waals surface area contributed by atoms with Gasteiger partial charge in [0.15, 0.2) is 0 Å². The highest BCUT2D eigenvalue weighted by Crippen LogP contribution is 2.21. The maximum absolute atomic E-state index is 11.8. The maximum atomic E-state index is 11.8. The van der Waals surface area contributed by atoms with Gasteiger partial charge >= 0.3 is 0 Å². The number of nitrogens with zero attached hydrogens (tertiary/aromatic N) is 1. The minimum atomic E-state index is -3.08. The molecule has 94 valence electrons. The minimum absolute atomic E-state index is 0.0169. The lowest BCUT2D eigenvalue weighted by molar-refractivity contribution is 0.281. The van der Waals surface area contributed by atoms with Crippen LogP contribution in [0.15, 0.2) is 24.3 Å². The fourth-order valence-electron chi connectivity index (χ4n) is 2.17. The SMILES string of the molecule is CC1CN(Cc2cccc(CO)c2)S(=O)(=O)C1. The maximum Gasteiger partial charge on any atom is 0.214 e. The molecule has 0 aromatic heterocycles. The van der Waals surface area contributed by atoms with Gasteiger partial charge in [-0.3, -0.25) is 0 Å². The van der Waals surface area contributed by atoms with Gasteiger partial charge in [-0.15, -0.1) is 0 Å². The zero-order valence-electron chi connectivity index (χ0n) is 9.83. The van der Waals surface area contributed by atoms with Gasteiger partial charge in [0.2, 0.25) is 10.0 Å². The predicted molar refractivity (Wildman–Crippen MR) is 65.7 cm³/mol. The highest BCUT2D eigenvalue weighted by molar-refractivity contribution is 7.89. The van der Waals surface area contributed by atoms with E-state index in [0.29, 0.717) is 13.1 Å². The fourth-order valence-corrected chi connectivity index (χ4v) is 4.03. The summed E-state index contributed by atoms with van der Waals surface area (Å²) >= 11 is 0. The van der Waals surface area contributed by atoms with Crippen molar-refractivity contribution in [2.24, 2.45) is 5.92 Å². The summed E-state index contributed by atoms with van der Waals surface area (Å²) in [5, 5.41) is 9.04. The Balaban J connectivity index is 2.15. The van der Waals surface area contributed by atoms with Crippen LogP contribution < -0.4 is 0 Å². The highest BCUT2D eigenvalue weighted by atomic mass is 32.2. The van der Waals surface area contributed by atoms with Crippen LogP contribution in [0.1, 0.15) is 18.1 Å². The number of rotatable bonds is 3. The van der Waals surface area contributed by atoms with Crippen LogP contribution in [0.4, 0.5) is 0 Å². The molecule has 1 atom stereocenters. The Labute approximate surface area is 102 Å². The second-order valence-electron chi connectivity index (χ2n) is 4.65. The summed E-state index contributed by atoms with van der Waals surface area (Å²) in [6.07, 6.45) is 0. The first kappa shape index (κ1) is 12.5. The number of aliphatic hydroxyl groups excluding tert-OH is 1. The lowest BCUT2D eigenvalue weighted by Gasteiger charge is -2.14. The number of aliphatic hydroxyl groups is 1. The van der Waals surface area contributed by atoms with E-state index in [-0.39, 0.29) is 18.3 Å². The Hall–Kier alpha value is -0.910. The van der Waals surface area contributed by atoms with Gasteiger partial charge in [0.05, 0.1) is 12.4 Å². The molecule has 1 saturated heterocycles. The molecule has 0 radical (unpaired) electrons. The van der Waals surface area contributed by atoms with Crippen LogP contribution in [0.3, 0.4) is 0 Å². The minimum Gasteiger partial charge on any atom is -0.392 e. The van der Waals surface area contributed by atoms with Crippen LogP contribution in [0, 0.1) is 5.92 Å². The largest absolute Gasteiger partial charge is 0.392 e. The summed E-state index contributed by atoms with van der Waals surface area (Å²) in [5.41, 5.74) is 1.74. The quantitative estimate of drug-likeness (QED) is 0.875. The molecule has 0 spiro atoms. The van der Waals surface area contributed by atoms with E-state index < -0.39 is 10.0 Å². The molecule has 4 nitrogen and oxygen atoms in total. The average molecular weight is 255 g/mol. The molecule has 2 rings (SSSR count). The summed E-state index contributed by atoms with van der Waals surface area (Å²) < 4.78 is 25.1. The molecule has 1 aliphatic rings. The van der Waals surface area contributed by atoms with Gasteiger partial charge in [-0.25, -0.2) is 8.42 Å². The second kappa shape index (κ2) is 4.76. The van der Waals surface area contributed by atoms with Crippen LogP contribution in [0.25, 0.3) is 0 Å². The standard InChI is InChI=1S/C12H17NO3S/c1-10-6-13(17(15,16)9-10)7-11-3-2-4-12(5-11)8-14/h2-5,10,14H,6-9H2,1H3. The van der Waals surface area contributed by atoms with E-state index in [9.17, 15) is 8.42 Å². The average Bonchev–Trinajstić information content (AvgIpc) is 2.52. The van der Waals surface area contributed by atoms with Crippen molar-refractivity contribution in [1.29, 1.82) is 0 Å². The van der Waals surface area contributed by atoms with E-state index in [1.165, 1.54) is 4.31 Å². The van der Waals surface area contributed by atoms with E-state index in [4.69, 9.17) is 5.11 Å². The Morgan fingerprint density at radius 1 is 1.41 bits per heavy atom. The molecule has 0 bridgehead atoms. The summed E-state index contributed by atoms with van der Waals surface area (Å²) in [5.74, 6) is 0.438. The summed E-state index contributed by atoms with van der Waals surface area (Å²) in [4.78, 5) is 0. The third kappa shape index (κ3) is 2.86. The van der Waals surface area contributed by atoms with Crippen LogP contribution in [-0.2, 0) is 23.2 Å². The van der Waals surface area contributed by atoms with Crippen molar-refractivity contribution in [3.63, 3.8) is 0 Å². The molecule has 1 unspecified atom stereocenters. The van der Waals surface area contributed by atoms with Gasteiger partial charge in [-0.1, -0.05) is 31.2 Å². The zero-order chi connectivity index (χ0) is 12.5. The molecule has 17 heavy (non-hydrogen) atoms. The van der Waals surface area contributed by atoms with Crippen LogP contribution >= 0.6 is 0 Å². The number of hydrogen-bond donors (Lipinski definition) is 1. The zero-order valence-corrected chi connectivity index (χ0v) is 10.7. The monoisotopic (exact) mass is 255 g/mol. The Bertz CT molecular complexity index is 498. The third-order valence-electron chi connectivity index (χ3n) is 2.94. The smallest absolute Gasteiger partial charge is 0.214 e. The normalized spacial score (nSPS) is 24.0. The van der Waals surface area contributed by atoms with Gasteiger partial charge in [-0.2, -0.15) is 4.31 Å². The molecule has 1 aliphatic heterocycles. The summed E-state index contributed by atoms with van der Waals surface area (Å²) in [7, 11) is -3.08. The molecule has 0 saturated carbocycles. The fraction of sp³-hybridized carbons (Fsp3) is 0.500. The molecule has 1 heterocycles. The molecule has 1 aromatic rings. The van der Waals surface area contributed by atoms with Crippen molar-refractivity contribution in [3.8, 4) is 0 Å². The second-order valence-corrected chi connectivity index (χ2v) is 6.67. The first-order valence-electron chi connectivity index (χ1n) is 5.68. The van der Waals surface area contributed by atoms with Crippen LogP contribution in [0.5, 0.6) is 0 Å². The van der Waals surface area contributed by atoms with Crippen molar-refractivity contribution in [2.45, 2.75) is 20.1 Å². The van der Waals surface area contributed by atoms with E-state index in [1.807, 2.05) is 31.2 Å². The van der Waals surface area contributed by atoms with E-state index in [2.05, 4.69) is 0 Å². The Morgan fingerprint density at radius 3 is 2.71 bits per heavy atom. The van der Waals surface area contributed by atoms with Crippen molar-refractivity contribution in [2.75, 3.05) is 12.3 Å². The number of sulfonamides is 1. The van der Waals surface area contributed by atoms with E-state index >= 15 is 0 Å². The van der Waals surface area contributed by atoms with Crippen molar-refractivity contribution in [1.82, 2.24) is 4.31 Å². The topological polar surface area (TPSA) is 57.6 Å². The first-order chi connectivity index (χ1) is 8.01. The van der Waals surface area contributed by atoms with Crippen molar-refractivity contribution >= 4 is 10.0 Å². The Morgan fingerprint density at radius 2 is 2.12 bits per heavy atom. The van der Waals surface area contributed by atoms with Gasteiger partial charge in [-0.05, 0) is 17.0 Å². The molecule has 1 N–H and O–H groups in total. The van der Waals surface area contributed by atoms with E-state index in [0.717, 1.165) is 11.1 Å². The number of hydrogen-bond acceptors (Lipinski definition) is 3. The predicted octanol–water partition coefficient (Wildman–Crippen LogP) is 0.960. The summed E-state index contributed by atoms with van der Waals surface area (Å²) in [6, 6.07) is 7.40. The van der Waals surface area contributed by atoms with Crippen molar-refractivity contribution < 1.29 is 13.5 Å². The molecule has 5 heteroatoms. The lowest BCUT2D eigenvalue weighted by Crippen LogP contribution is -2.25. The van der Waals surface area contributed by atoms with Crippen LogP contribution in [0.2, 0.25) is 0 Å². The highest BCUT2D eigenvalue weighted by Gasteiger charge is 2.33. The van der Waals surface area contributed by atoms with Crippen molar-refractivity contribution in [3.05, 3.63) is 35.4 Å².